The maximum atomic E-state index is 12.9. The van der Waals surface area contributed by atoms with E-state index in [1.165, 1.54) is 12.1 Å². The molecule has 0 saturated carbocycles. The minimum atomic E-state index is -4.39. The Morgan fingerprint density at radius 1 is 0.943 bits per heavy atom. The number of nitrogens with one attached hydrogen (secondary N) is 2. The summed E-state index contributed by atoms with van der Waals surface area (Å²) in [4.78, 5) is 22.0. The predicted molar refractivity (Wildman–Crippen MR) is 132 cm³/mol. The molecule has 1 fully saturated rings. The van der Waals surface area contributed by atoms with Crippen molar-refractivity contribution in [3.63, 3.8) is 0 Å². The van der Waals surface area contributed by atoms with Crippen LogP contribution >= 0.6 is 11.6 Å². The number of benzene rings is 1. The fourth-order valence-corrected chi connectivity index (χ4v) is 3.78. The maximum absolute atomic E-state index is 12.9. The van der Waals surface area contributed by atoms with Gasteiger partial charge in [0.25, 0.3) is 0 Å². The number of hydrogen-bond acceptors (Lipinski definition) is 8. The first-order chi connectivity index (χ1) is 16.7. The Kier molecular flexibility index (Phi) is 7.44. The van der Waals surface area contributed by atoms with Gasteiger partial charge in [0.2, 0.25) is 17.8 Å². The number of nitrogens with zero attached hydrogens (tertiary/aromatic N) is 6. The lowest BCUT2D eigenvalue weighted by molar-refractivity contribution is -0.137. The molecule has 0 atom stereocenters. The second kappa shape index (κ2) is 10.5. The number of alkyl halides is 3. The lowest BCUT2D eigenvalue weighted by Crippen LogP contribution is -2.47. The van der Waals surface area contributed by atoms with Gasteiger partial charge in [-0.2, -0.15) is 28.1 Å². The number of pyridine rings is 1. The standard InChI is InChI=1S/C23H26ClF3N8/c1-15(2)14-29-20-31-21(30-17-7-5-16(6-8-17)23(25,26)27)33-22(32-20)35-12-10-34(11-13-35)19-18(24)4-3-9-28-19/h3-9,15H,10-14H2,1-2H3,(H2,29,30,31,32,33). The molecule has 3 aromatic rings. The first-order valence-electron chi connectivity index (χ1n) is 11.2. The van der Waals surface area contributed by atoms with E-state index < -0.39 is 11.7 Å². The third-order valence-corrected chi connectivity index (χ3v) is 5.66. The van der Waals surface area contributed by atoms with Crippen molar-refractivity contribution in [2.45, 2.75) is 20.0 Å². The molecule has 0 radical (unpaired) electrons. The Hall–Kier alpha value is -3.34. The smallest absolute Gasteiger partial charge is 0.354 e. The summed E-state index contributed by atoms with van der Waals surface area (Å²) in [5.74, 6) is 2.23. The van der Waals surface area contributed by atoms with Crippen molar-refractivity contribution in [3.8, 4) is 0 Å². The molecule has 1 saturated heterocycles. The van der Waals surface area contributed by atoms with E-state index in [1.807, 2.05) is 11.0 Å². The van der Waals surface area contributed by atoms with Crippen LogP contribution in [0.15, 0.2) is 42.6 Å². The van der Waals surface area contributed by atoms with Crippen molar-refractivity contribution in [1.29, 1.82) is 0 Å². The Bertz CT molecular complexity index is 1130. The summed E-state index contributed by atoms with van der Waals surface area (Å²) in [5, 5.41) is 6.80. The molecular formula is C23H26ClF3N8. The van der Waals surface area contributed by atoms with Gasteiger partial charge in [-0.1, -0.05) is 25.4 Å². The number of piperazine rings is 1. The molecule has 4 rings (SSSR count). The highest BCUT2D eigenvalue weighted by Gasteiger charge is 2.30. The van der Waals surface area contributed by atoms with Gasteiger partial charge in [0, 0.05) is 44.6 Å². The normalized spacial score (nSPS) is 14.4. The van der Waals surface area contributed by atoms with Gasteiger partial charge in [-0.3, -0.25) is 0 Å². The molecule has 1 aromatic carbocycles. The molecule has 186 valence electrons. The van der Waals surface area contributed by atoms with Crippen LogP contribution in [0.2, 0.25) is 5.02 Å². The maximum Gasteiger partial charge on any atom is 0.416 e. The third kappa shape index (κ3) is 6.41. The highest BCUT2D eigenvalue weighted by Crippen LogP contribution is 2.30. The average Bonchev–Trinajstić information content (AvgIpc) is 2.83. The molecule has 8 nitrogen and oxygen atoms in total. The summed E-state index contributed by atoms with van der Waals surface area (Å²) < 4.78 is 38.7. The summed E-state index contributed by atoms with van der Waals surface area (Å²) in [6.07, 6.45) is -2.68. The van der Waals surface area contributed by atoms with Crippen molar-refractivity contribution in [3.05, 3.63) is 53.2 Å². The van der Waals surface area contributed by atoms with E-state index in [0.29, 0.717) is 61.2 Å². The highest BCUT2D eigenvalue weighted by atomic mass is 35.5. The van der Waals surface area contributed by atoms with E-state index in [1.54, 1.807) is 12.3 Å². The van der Waals surface area contributed by atoms with E-state index in [9.17, 15) is 13.2 Å². The Morgan fingerprint density at radius 2 is 1.60 bits per heavy atom. The molecule has 0 aliphatic carbocycles. The molecule has 0 bridgehead atoms. The average molecular weight is 507 g/mol. The van der Waals surface area contributed by atoms with Crippen LogP contribution in [0.25, 0.3) is 0 Å². The predicted octanol–water partition coefficient (Wildman–Crippen LogP) is 5.08. The van der Waals surface area contributed by atoms with E-state index in [0.717, 1.165) is 18.0 Å². The van der Waals surface area contributed by atoms with Gasteiger partial charge in [-0.05, 0) is 42.3 Å². The number of halogens is 4. The largest absolute Gasteiger partial charge is 0.416 e. The zero-order valence-electron chi connectivity index (χ0n) is 19.3. The van der Waals surface area contributed by atoms with E-state index in [4.69, 9.17) is 11.6 Å². The minimum absolute atomic E-state index is 0.246. The molecule has 12 heteroatoms. The van der Waals surface area contributed by atoms with Gasteiger partial charge >= 0.3 is 6.18 Å². The van der Waals surface area contributed by atoms with Crippen LogP contribution in [0.3, 0.4) is 0 Å². The van der Waals surface area contributed by atoms with E-state index in [2.05, 4.69) is 49.3 Å². The van der Waals surface area contributed by atoms with Gasteiger partial charge in [0.15, 0.2) is 0 Å². The van der Waals surface area contributed by atoms with Crippen LogP contribution < -0.4 is 20.4 Å². The zero-order valence-corrected chi connectivity index (χ0v) is 20.1. The van der Waals surface area contributed by atoms with Gasteiger partial charge in [-0.15, -0.1) is 0 Å². The number of anilines is 5. The van der Waals surface area contributed by atoms with Crippen molar-refractivity contribution in [2.24, 2.45) is 5.92 Å². The molecular weight excluding hydrogens is 481 g/mol. The van der Waals surface area contributed by atoms with E-state index in [-0.39, 0.29) is 5.95 Å². The fraction of sp³-hybridized carbons (Fsp3) is 0.391. The monoisotopic (exact) mass is 506 g/mol. The second-order valence-corrected chi connectivity index (χ2v) is 8.95. The van der Waals surface area contributed by atoms with Crippen molar-refractivity contribution >= 4 is 41.0 Å². The van der Waals surface area contributed by atoms with Crippen LogP contribution in [0.1, 0.15) is 19.4 Å². The highest BCUT2D eigenvalue weighted by molar-refractivity contribution is 6.32. The molecule has 0 unspecified atom stereocenters. The Balaban J connectivity index is 1.52. The first kappa shape index (κ1) is 24.8. The van der Waals surface area contributed by atoms with Gasteiger partial charge < -0.3 is 20.4 Å². The topological polar surface area (TPSA) is 82.1 Å². The molecule has 1 aliphatic rings. The lowest BCUT2D eigenvalue weighted by Gasteiger charge is -2.35. The lowest BCUT2D eigenvalue weighted by atomic mass is 10.2. The van der Waals surface area contributed by atoms with Crippen LogP contribution in [-0.2, 0) is 6.18 Å². The first-order valence-corrected chi connectivity index (χ1v) is 11.6. The molecule has 0 amide bonds. The van der Waals surface area contributed by atoms with Gasteiger partial charge in [0.05, 0.1) is 10.6 Å². The second-order valence-electron chi connectivity index (χ2n) is 8.54. The molecule has 35 heavy (non-hydrogen) atoms. The molecule has 2 aromatic heterocycles. The molecule has 0 spiro atoms. The van der Waals surface area contributed by atoms with Crippen LogP contribution in [0.5, 0.6) is 0 Å². The zero-order chi connectivity index (χ0) is 25.0. The number of hydrogen-bond donors (Lipinski definition) is 2. The van der Waals surface area contributed by atoms with E-state index >= 15 is 0 Å². The number of rotatable bonds is 7. The van der Waals surface area contributed by atoms with Crippen LogP contribution in [0.4, 0.5) is 42.5 Å². The minimum Gasteiger partial charge on any atom is -0.354 e. The molecule has 2 N–H and O–H groups in total. The van der Waals surface area contributed by atoms with Gasteiger partial charge in [-0.25, -0.2) is 4.98 Å². The quantitative estimate of drug-likeness (QED) is 0.459. The summed E-state index contributed by atoms with van der Waals surface area (Å²) in [5.41, 5.74) is -0.274. The van der Waals surface area contributed by atoms with Crippen LogP contribution in [-0.4, -0.2) is 52.7 Å². The molecule has 1 aliphatic heterocycles. The summed E-state index contributed by atoms with van der Waals surface area (Å²) >= 11 is 6.29. The fourth-order valence-electron chi connectivity index (χ4n) is 3.54. The van der Waals surface area contributed by atoms with Crippen molar-refractivity contribution < 1.29 is 13.2 Å². The number of aromatic nitrogens is 4. The van der Waals surface area contributed by atoms with Crippen LogP contribution in [0, 0.1) is 5.92 Å². The van der Waals surface area contributed by atoms with Crippen molar-refractivity contribution in [2.75, 3.05) is 53.2 Å². The Labute approximate surface area is 206 Å². The summed E-state index contributed by atoms with van der Waals surface area (Å²) in [7, 11) is 0. The molecule has 3 heterocycles. The Morgan fingerprint density at radius 3 is 2.23 bits per heavy atom. The third-order valence-electron chi connectivity index (χ3n) is 5.36. The van der Waals surface area contributed by atoms with Gasteiger partial charge in [0.1, 0.15) is 5.82 Å². The summed E-state index contributed by atoms with van der Waals surface area (Å²) in [6, 6.07) is 8.35. The van der Waals surface area contributed by atoms with Crippen molar-refractivity contribution in [1.82, 2.24) is 19.9 Å². The SMILES string of the molecule is CC(C)CNc1nc(Nc2ccc(C(F)(F)F)cc2)nc(N2CCN(c3ncccc3Cl)CC2)n1. The summed E-state index contributed by atoms with van der Waals surface area (Å²) in [6.45, 7) is 7.43.